The minimum atomic E-state index is -4.31. The summed E-state index contributed by atoms with van der Waals surface area (Å²) in [6.45, 7) is 4.43. The number of fused-ring (bicyclic) bond motifs is 1. The molecule has 0 amide bonds. The van der Waals surface area contributed by atoms with E-state index in [0.717, 1.165) is 41.9 Å². The summed E-state index contributed by atoms with van der Waals surface area (Å²) in [5.41, 5.74) is 1.85. The van der Waals surface area contributed by atoms with Crippen LogP contribution in [-0.2, 0) is 11.3 Å². The first-order chi connectivity index (χ1) is 14.8. The molecule has 0 spiro atoms. The summed E-state index contributed by atoms with van der Waals surface area (Å²) in [5, 5.41) is 7.58. The molecule has 2 aromatic rings. The third kappa shape index (κ3) is 4.98. The van der Waals surface area contributed by atoms with E-state index in [1.54, 1.807) is 20.1 Å². The fourth-order valence-corrected chi connectivity index (χ4v) is 4.46. The Morgan fingerprint density at radius 1 is 1.19 bits per heavy atom. The number of nitrogens with zero attached hydrogens (tertiary/aromatic N) is 3. The van der Waals surface area contributed by atoms with Crippen LogP contribution in [0.25, 0.3) is 0 Å². The molecule has 2 aliphatic rings. The number of likely N-dealkylation sites (tertiary alicyclic amines) is 1. The molecular formula is C22H29F3N4O2. The van der Waals surface area contributed by atoms with Gasteiger partial charge >= 0.3 is 6.18 Å². The molecule has 0 saturated carbocycles. The summed E-state index contributed by atoms with van der Waals surface area (Å²) in [5.74, 6) is 1.25. The highest BCUT2D eigenvalue weighted by Crippen LogP contribution is 2.41. The number of alkyl halides is 3. The average molecular weight is 438 g/mol. The third-order valence-corrected chi connectivity index (χ3v) is 5.97. The van der Waals surface area contributed by atoms with E-state index in [1.807, 2.05) is 24.3 Å². The standard InChI is InChI=1S/C22H29F3N4O2/c1-15-12-20(22(23,24)25)29-21(26-15)13-18(27-29)19-4-3-9-28(19)14-16-5-7-17(8-6-16)31-11-10-30-2/h5-8,13,15,19-20,26H,3-4,9-12,14H2,1-2H3/t15-,19?,20-/m1/s1. The summed E-state index contributed by atoms with van der Waals surface area (Å²) >= 11 is 0. The van der Waals surface area contributed by atoms with Gasteiger partial charge in [0, 0.05) is 25.8 Å². The van der Waals surface area contributed by atoms with Crippen molar-refractivity contribution in [2.24, 2.45) is 0 Å². The number of nitrogens with one attached hydrogen (secondary N) is 1. The number of halogens is 3. The second kappa shape index (κ2) is 9.08. The van der Waals surface area contributed by atoms with E-state index in [9.17, 15) is 13.2 Å². The van der Waals surface area contributed by atoms with Crippen LogP contribution in [0.1, 0.15) is 49.5 Å². The molecule has 3 atom stereocenters. The lowest BCUT2D eigenvalue weighted by atomic mass is 10.1. The Labute approximate surface area is 180 Å². The summed E-state index contributed by atoms with van der Waals surface area (Å²) in [6, 6.07) is 7.92. The number of ether oxygens (including phenoxy) is 2. The Hall–Kier alpha value is -2.26. The van der Waals surface area contributed by atoms with Gasteiger partial charge in [-0.15, -0.1) is 0 Å². The van der Waals surface area contributed by atoms with E-state index < -0.39 is 12.2 Å². The normalized spacial score (nSPS) is 24.1. The van der Waals surface area contributed by atoms with Gasteiger partial charge in [0.2, 0.25) is 0 Å². The van der Waals surface area contributed by atoms with Crippen LogP contribution in [0.2, 0.25) is 0 Å². The van der Waals surface area contributed by atoms with Gasteiger partial charge in [0.1, 0.15) is 18.2 Å². The number of hydrogen-bond donors (Lipinski definition) is 1. The van der Waals surface area contributed by atoms with E-state index in [2.05, 4.69) is 15.3 Å². The van der Waals surface area contributed by atoms with Crippen LogP contribution in [0.4, 0.5) is 19.0 Å². The maximum absolute atomic E-state index is 13.6. The first kappa shape index (κ1) is 22.0. The quantitative estimate of drug-likeness (QED) is 0.643. The molecule has 0 aliphatic carbocycles. The van der Waals surface area contributed by atoms with E-state index in [4.69, 9.17) is 9.47 Å². The Kier molecular flexibility index (Phi) is 6.43. The number of rotatable bonds is 7. The molecule has 3 heterocycles. The maximum Gasteiger partial charge on any atom is 0.410 e. The van der Waals surface area contributed by atoms with Crippen LogP contribution in [0, 0.1) is 0 Å². The zero-order chi connectivity index (χ0) is 22.0. The fraction of sp³-hybridized carbons (Fsp3) is 0.591. The monoisotopic (exact) mass is 438 g/mol. The molecule has 170 valence electrons. The van der Waals surface area contributed by atoms with Gasteiger partial charge in [0.15, 0.2) is 6.04 Å². The van der Waals surface area contributed by atoms with Crippen molar-refractivity contribution < 1.29 is 22.6 Å². The molecule has 2 aliphatic heterocycles. The first-order valence-corrected chi connectivity index (χ1v) is 10.7. The highest BCUT2D eigenvalue weighted by Gasteiger charge is 2.46. The topological polar surface area (TPSA) is 51.6 Å². The SMILES string of the molecule is COCCOc1ccc(CN2CCCC2c2cc3n(n2)[C@@H](C(F)(F)F)C[C@@H](C)N3)cc1. The van der Waals surface area contributed by atoms with Crippen molar-refractivity contribution in [2.75, 3.05) is 32.2 Å². The van der Waals surface area contributed by atoms with Crippen LogP contribution in [-0.4, -0.2) is 53.8 Å². The second-order valence-corrected chi connectivity index (χ2v) is 8.35. The van der Waals surface area contributed by atoms with E-state index in [0.29, 0.717) is 24.7 Å². The van der Waals surface area contributed by atoms with E-state index in [1.165, 1.54) is 0 Å². The molecule has 1 fully saturated rings. The molecule has 0 bridgehead atoms. The van der Waals surface area contributed by atoms with Gasteiger partial charge in [-0.05, 0) is 50.4 Å². The van der Waals surface area contributed by atoms with Gasteiger partial charge in [0.25, 0.3) is 0 Å². The highest BCUT2D eigenvalue weighted by atomic mass is 19.4. The first-order valence-electron chi connectivity index (χ1n) is 10.7. The summed E-state index contributed by atoms with van der Waals surface area (Å²) in [4.78, 5) is 2.29. The Morgan fingerprint density at radius 3 is 2.68 bits per heavy atom. The molecule has 31 heavy (non-hydrogen) atoms. The fourth-order valence-electron chi connectivity index (χ4n) is 4.46. The Bertz CT molecular complexity index is 869. The van der Waals surface area contributed by atoms with Crippen molar-refractivity contribution in [2.45, 2.75) is 57.0 Å². The van der Waals surface area contributed by atoms with Crippen molar-refractivity contribution in [1.29, 1.82) is 0 Å². The lowest BCUT2D eigenvalue weighted by Gasteiger charge is -2.31. The molecule has 1 saturated heterocycles. The molecule has 1 aromatic carbocycles. The van der Waals surface area contributed by atoms with Crippen LogP contribution in [0.5, 0.6) is 5.75 Å². The lowest BCUT2D eigenvalue weighted by Crippen LogP contribution is -2.37. The van der Waals surface area contributed by atoms with Gasteiger partial charge in [-0.25, -0.2) is 4.68 Å². The Morgan fingerprint density at radius 2 is 1.97 bits per heavy atom. The van der Waals surface area contributed by atoms with Gasteiger partial charge in [-0.1, -0.05) is 12.1 Å². The van der Waals surface area contributed by atoms with Crippen LogP contribution in [0.3, 0.4) is 0 Å². The molecule has 4 rings (SSSR count). The number of aromatic nitrogens is 2. The number of hydrogen-bond acceptors (Lipinski definition) is 5. The predicted octanol–water partition coefficient (Wildman–Crippen LogP) is 4.55. The van der Waals surface area contributed by atoms with Crippen LogP contribution in [0.15, 0.2) is 30.3 Å². The van der Waals surface area contributed by atoms with Crippen molar-refractivity contribution in [3.8, 4) is 5.75 Å². The minimum Gasteiger partial charge on any atom is -0.491 e. The average Bonchev–Trinajstić information content (AvgIpc) is 3.34. The van der Waals surface area contributed by atoms with E-state index in [-0.39, 0.29) is 18.5 Å². The van der Waals surface area contributed by atoms with Gasteiger partial charge < -0.3 is 14.8 Å². The maximum atomic E-state index is 13.6. The predicted molar refractivity (Wildman–Crippen MR) is 111 cm³/mol. The molecular weight excluding hydrogens is 409 g/mol. The van der Waals surface area contributed by atoms with Gasteiger partial charge in [-0.3, -0.25) is 4.90 Å². The molecule has 6 nitrogen and oxygen atoms in total. The molecule has 1 unspecified atom stereocenters. The van der Waals surface area contributed by atoms with Crippen molar-refractivity contribution >= 4 is 5.82 Å². The van der Waals surface area contributed by atoms with Gasteiger partial charge in [0.05, 0.1) is 18.3 Å². The van der Waals surface area contributed by atoms with Crippen molar-refractivity contribution in [3.63, 3.8) is 0 Å². The number of methoxy groups -OCH3 is 1. The third-order valence-electron chi connectivity index (χ3n) is 5.97. The Balaban J connectivity index is 1.47. The van der Waals surface area contributed by atoms with Crippen LogP contribution >= 0.6 is 0 Å². The van der Waals surface area contributed by atoms with Crippen LogP contribution < -0.4 is 10.1 Å². The number of benzene rings is 1. The zero-order valence-electron chi connectivity index (χ0n) is 17.9. The number of anilines is 1. The van der Waals surface area contributed by atoms with Crippen molar-refractivity contribution in [3.05, 3.63) is 41.6 Å². The minimum absolute atomic E-state index is 0.00913. The lowest BCUT2D eigenvalue weighted by molar-refractivity contribution is -0.173. The van der Waals surface area contributed by atoms with Crippen molar-refractivity contribution in [1.82, 2.24) is 14.7 Å². The second-order valence-electron chi connectivity index (χ2n) is 8.35. The smallest absolute Gasteiger partial charge is 0.410 e. The van der Waals surface area contributed by atoms with Gasteiger partial charge in [-0.2, -0.15) is 18.3 Å². The van der Waals surface area contributed by atoms with E-state index >= 15 is 0 Å². The molecule has 0 radical (unpaired) electrons. The summed E-state index contributed by atoms with van der Waals surface area (Å²) < 4.78 is 52.4. The summed E-state index contributed by atoms with van der Waals surface area (Å²) in [7, 11) is 1.63. The molecule has 9 heteroatoms. The molecule has 1 N–H and O–H groups in total. The zero-order valence-corrected chi connectivity index (χ0v) is 17.9. The largest absolute Gasteiger partial charge is 0.491 e. The summed E-state index contributed by atoms with van der Waals surface area (Å²) in [6.07, 6.45) is -2.43. The highest BCUT2D eigenvalue weighted by molar-refractivity contribution is 5.42. The molecule has 1 aromatic heterocycles.